The lowest BCUT2D eigenvalue weighted by Crippen LogP contribution is -2.29. The predicted octanol–water partition coefficient (Wildman–Crippen LogP) is 7.65. The summed E-state index contributed by atoms with van der Waals surface area (Å²) < 4.78 is 14.1. The van der Waals surface area contributed by atoms with Gasteiger partial charge in [0.2, 0.25) is 5.13 Å². The number of rotatable bonds is 10. The van der Waals surface area contributed by atoms with Crippen molar-refractivity contribution in [2.75, 3.05) is 12.0 Å². The fourth-order valence-electron chi connectivity index (χ4n) is 5.69. The third kappa shape index (κ3) is 6.26. The topological polar surface area (TPSA) is 119 Å². The first-order valence-corrected chi connectivity index (χ1v) is 17.3. The molecular formula is C36H28ClN5O5S2. The summed E-state index contributed by atoms with van der Waals surface area (Å²) >= 11 is 8.94. The Morgan fingerprint density at radius 1 is 0.980 bits per heavy atom. The number of fused-ring (bicyclic) bond motifs is 1. The average molecular weight is 710 g/mol. The summed E-state index contributed by atoms with van der Waals surface area (Å²) in [4.78, 5) is 33.7. The van der Waals surface area contributed by atoms with E-state index in [0.29, 0.717) is 55.8 Å². The first-order chi connectivity index (χ1) is 23.8. The molecule has 13 heteroatoms. The maximum Gasteiger partial charge on any atom is 0.301 e. The van der Waals surface area contributed by atoms with Crippen LogP contribution in [-0.4, -0.2) is 43.5 Å². The van der Waals surface area contributed by atoms with E-state index in [1.54, 1.807) is 47.9 Å². The Bertz CT molecular complexity index is 2240. The second-order valence-electron chi connectivity index (χ2n) is 11.1. The van der Waals surface area contributed by atoms with Crippen LogP contribution in [0.5, 0.6) is 11.5 Å². The minimum Gasteiger partial charge on any atom is -0.505 e. The lowest BCUT2D eigenvalue weighted by molar-refractivity contribution is -0.132. The van der Waals surface area contributed by atoms with E-state index in [1.165, 1.54) is 35.1 Å². The largest absolute Gasteiger partial charge is 0.505 e. The summed E-state index contributed by atoms with van der Waals surface area (Å²) in [6.07, 6.45) is 1.74. The van der Waals surface area contributed by atoms with Crippen molar-refractivity contribution in [1.82, 2.24) is 19.6 Å². The number of carbonyl (C=O) groups excluding carboxylic acids is 2. The summed E-state index contributed by atoms with van der Waals surface area (Å²) in [7, 11) is 1.51. The van der Waals surface area contributed by atoms with Gasteiger partial charge in [0.05, 0.1) is 24.4 Å². The van der Waals surface area contributed by atoms with E-state index in [-0.39, 0.29) is 16.5 Å². The van der Waals surface area contributed by atoms with Crippen LogP contribution in [0.1, 0.15) is 34.1 Å². The highest BCUT2D eigenvalue weighted by Crippen LogP contribution is 2.46. The molecule has 0 aliphatic carbocycles. The number of hydrogen-bond donors (Lipinski definition) is 1. The summed E-state index contributed by atoms with van der Waals surface area (Å²) in [6.45, 7) is 2.05. The maximum absolute atomic E-state index is 13.9. The van der Waals surface area contributed by atoms with Gasteiger partial charge in [0.15, 0.2) is 21.6 Å². The van der Waals surface area contributed by atoms with Gasteiger partial charge in [-0.15, -0.1) is 10.2 Å². The second kappa shape index (κ2) is 13.7. The van der Waals surface area contributed by atoms with Gasteiger partial charge in [-0.05, 0) is 53.9 Å². The number of halogens is 1. The predicted molar refractivity (Wildman–Crippen MR) is 189 cm³/mol. The Hall–Kier alpha value is -5.17. The Balaban J connectivity index is 1.31. The molecule has 0 spiro atoms. The molecular weight excluding hydrogens is 682 g/mol. The van der Waals surface area contributed by atoms with E-state index in [9.17, 15) is 14.7 Å². The Labute approximate surface area is 294 Å². The number of anilines is 1. The zero-order chi connectivity index (χ0) is 34.1. The number of ketones is 1. The van der Waals surface area contributed by atoms with Gasteiger partial charge in [0.1, 0.15) is 17.9 Å². The minimum absolute atomic E-state index is 0.112. The van der Waals surface area contributed by atoms with Gasteiger partial charge >= 0.3 is 5.91 Å². The molecule has 49 heavy (non-hydrogen) atoms. The quantitative estimate of drug-likeness (QED) is 0.0503. The van der Waals surface area contributed by atoms with Crippen molar-refractivity contribution in [3.8, 4) is 11.5 Å². The molecule has 6 aromatic rings. The van der Waals surface area contributed by atoms with Crippen molar-refractivity contribution < 1.29 is 24.2 Å². The molecule has 7 rings (SSSR count). The molecule has 0 radical (unpaired) electrons. The number of Topliss-reactive ketones (excluding diaryl/α,β-unsaturated/α-hetero) is 1. The molecule has 3 aromatic carbocycles. The standard InChI is InChI=1S/C36H28ClN5O5S2/c1-21-30(41-17-9-8-14-28(41)38-21)32(43)29-31(23-15-16-26(27(18-23)46-2)47-19-22-10-4-3-5-11-22)42(34(45)33(29)44)35-39-40-36(49-35)48-20-24-12-6-7-13-25(24)37/h3-18,31,43H,19-20H2,1-2H3/b32-29+. The number of nitrogens with zero attached hydrogens (tertiary/aromatic N) is 5. The van der Waals surface area contributed by atoms with Gasteiger partial charge in [-0.2, -0.15) is 0 Å². The number of pyridine rings is 1. The van der Waals surface area contributed by atoms with Gasteiger partial charge in [0, 0.05) is 17.0 Å². The van der Waals surface area contributed by atoms with Gasteiger partial charge in [-0.3, -0.25) is 18.9 Å². The van der Waals surface area contributed by atoms with E-state index in [4.69, 9.17) is 21.1 Å². The average Bonchev–Trinajstić information content (AvgIpc) is 3.80. The molecule has 1 fully saturated rings. The molecule has 246 valence electrons. The van der Waals surface area contributed by atoms with Gasteiger partial charge in [-0.1, -0.05) is 95.4 Å². The molecule has 0 bridgehead atoms. The highest BCUT2D eigenvalue weighted by molar-refractivity contribution is 8.00. The van der Waals surface area contributed by atoms with Crippen molar-refractivity contribution in [3.05, 3.63) is 136 Å². The first kappa shape index (κ1) is 32.4. The molecule has 1 saturated heterocycles. The number of methoxy groups -OCH3 is 1. The summed E-state index contributed by atoms with van der Waals surface area (Å²) in [5.74, 6) is -0.677. The SMILES string of the molecule is COc1cc(C2/C(=C(\O)c3c(C)nc4ccccn34)C(=O)C(=O)N2c2nnc(SCc3ccccc3Cl)s2)ccc1OCc1ccccc1. The Morgan fingerprint density at radius 2 is 1.76 bits per heavy atom. The Morgan fingerprint density at radius 3 is 2.55 bits per heavy atom. The highest BCUT2D eigenvalue weighted by Gasteiger charge is 2.49. The lowest BCUT2D eigenvalue weighted by Gasteiger charge is -2.23. The molecule has 1 N–H and O–H groups in total. The second-order valence-corrected chi connectivity index (χ2v) is 13.6. The molecule has 4 heterocycles. The number of aliphatic hydroxyl groups is 1. The van der Waals surface area contributed by atoms with Crippen LogP contribution in [0.4, 0.5) is 5.13 Å². The summed E-state index contributed by atoms with van der Waals surface area (Å²) in [5, 5.41) is 21.4. The van der Waals surface area contributed by atoms with Crippen molar-refractivity contribution in [1.29, 1.82) is 0 Å². The molecule has 1 amide bonds. The third-order valence-electron chi connectivity index (χ3n) is 8.02. The van der Waals surface area contributed by atoms with Crippen LogP contribution >= 0.6 is 34.7 Å². The molecule has 1 aliphatic rings. The molecule has 1 atom stereocenters. The Kier molecular flexibility index (Phi) is 9.09. The highest BCUT2D eigenvalue weighted by atomic mass is 35.5. The van der Waals surface area contributed by atoms with Crippen LogP contribution < -0.4 is 14.4 Å². The van der Waals surface area contributed by atoms with Gasteiger partial charge < -0.3 is 14.6 Å². The third-order valence-corrected chi connectivity index (χ3v) is 10.5. The zero-order valence-corrected chi connectivity index (χ0v) is 28.6. The van der Waals surface area contributed by atoms with Crippen LogP contribution in [-0.2, 0) is 21.9 Å². The molecule has 10 nitrogen and oxygen atoms in total. The number of ether oxygens (including phenoxy) is 2. The molecule has 1 aliphatic heterocycles. The summed E-state index contributed by atoms with van der Waals surface area (Å²) in [6, 6.07) is 26.7. The number of hydrogen-bond acceptors (Lipinski definition) is 10. The lowest BCUT2D eigenvalue weighted by atomic mass is 9.96. The molecule has 1 unspecified atom stereocenters. The van der Waals surface area contributed by atoms with Crippen LogP contribution in [0.25, 0.3) is 11.4 Å². The number of carbonyl (C=O) groups is 2. The van der Waals surface area contributed by atoms with Crippen molar-refractivity contribution in [2.45, 2.75) is 29.7 Å². The fourth-order valence-corrected chi connectivity index (χ4v) is 7.85. The fraction of sp³-hybridized carbons (Fsp3) is 0.139. The van der Waals surface area contributed by atoms with E-state index < -0.39 is 17.7 Å². The number of benzene rings is 3. The first-order valence-electron chi connectivity index (χ1n) is 15.1. The van der Waals surface area contributed by atoms with Gasteiger partial charge in [0.25, 0.3) is 5.78 Å². The molecule has 3 aromatic heterocycles. The number of aryl methyl sites for hydroxylation is 1. The number of aromatic nitrogens is 4. The van der Waals surface area contributed by atoms with Crippen LogP contribution in [0.3, 0.4) is 0 Å². The minimum atomic E-state index is -1.07. The number of aliphatic hydroxyl groups excluding tert-OH is 1. The normalized spacial score (nSPS) is 15.7. The van der Waals surface area contributed by atoms with Crippen molar-refractivity contribution in [2.24, 2.45) is 0 Å². The van der Waals surface area contributed by atoms with E-state index >= 15 is 0 Å². The van der Waals surface area contributed by atoms with Crippen LogP contribution in [0.2, 0.25) is 5.02 Å². The maximum atomic E-state index is 13.9. The van der Waals surface area contributed by atoms with Crippen LogP contribution in [0.15, 0.2) is 107 Å². The summed E-state index contributed by atoms with van der Waals surface area (Å²) in [5.41, 5.74) is 3.67. The van der Waals surface area contributed by atoms with Crippen LogP contribution in [0, 0.1) is 6.92 Å². The molecule has 0 saturated carbocycles. The van der Waals surface area contributed by atoms with E-state index in [0.717, 1.165) is 11.1 Å². The van der Waals surface area contributed by atoms with Gasteiger partial charge in [-0.25, -0.2) is 4.98 Å². The smallest absolute Gasteiger partial charge is 0.301 e. The number of thioether (sulfide) groups is 1. The zero-order valence-electron chi connectivity index (χ0n) is 26.2. The number of amides is 1. The number of imidazole rings is 1. The van der Waals surface area contributed by atoms with Crippen molar-refractivity contribution >= 4 is 62.9 Å². The van der Waals surface area contributed by atoms with E-state index in [1.807, 2.05) is 60.7 Å². The van der Waals surface area contributed by atoms with Crippen molar-refractivity contribution in [3.63, 3.8) is 0 Å². The van der Waals surface area contributed by atoms with E-state index in [2.05, 4.69) is 15.2 Å². The monoisotopic (exact) mass is 709 g/mol.